The van der Waals surface area contributed by atoms with Gasteiger partial charge < -0.3 is 24.6 Å². The molecule has 2 radical (unpaired) electrons. The van der Waals surface area contributed by atoms with Crippen LogP contribution in [-0.4, -0.2) is 64.2 Å². The van der Waals surface area contributed by atoms with Gasteiger partial charge in [-0.15, -0.1) is 216 Å². The number of hydrogen-bond acceptors (Lipinski definition) is 6. The van der Waals surface area contributed by atoms with Crippen LogP contribution in [0.2, 0.25) is 0 Å². The van der Waals surface area contributed by atoms with E-state index in [4.69, 9.17) is 5.11 Å². The molecule has 13 heteroatoms. The standard InChI is InChI=1S/C51H57N3.C25H18N2.C17H14N.C15H10N.C11H8N.C5H8O2.2Ir.Pt/c1-37-13-7-10-16-46(37)49-28-25-40(34-52(49)4)19-22-43-31-44(23-20-41-26-29-50(53(5)35-41)47-17-11-8-14-38(47)2)33-45(32-43)24-21-42-27-30-51(54(6)36-42)48-18-12-9-15-39(48)3;1-27(25-16-6-5-14-23(25)21-11-3-2-4-12-21)19-20-10-9-13-22(18-20)24-15-7-8-17-26-24;1-12-6-5-8-14(10-12)17-13(2)16-9-4-3-7-15(16)11-18-17;1-2-6-12(7-3-1)15-10-13-8-4-5-9-14(13)11-16-15;1-2-6-10(7-3-1)11-8-4-5-9-12-11;1-4(6)3-5(2)7;;;/h7-18,25-30,34-36,43-45H,4-6,19-24,31-33H2,1-3H3;2-11,13-17,19H,1H2;3-7,9-11H,1-2H3;1-6,8-11H;1-6,8-9H;3,6H,1-2H3;;;/q;-2;3*-1;;;;/t43?,44-,45+;;;;;;;;. The second kappa shape index (κ2) is 52.4. The molecule has 5 aromatic heterocycles. The Bertz CT molecular complexity index is 6830. The van der Waals surface area contributed by atoms with Crippen LogP contribution < -0.4 is 9.59 Å². The van der Waals surface area contributed by atoms with Gasteiger partial charge in [0, 0.05) is 110 Å². The van der Waals surface area contributed by atoms with E-state index in [1.54, 1.807) is 12.4 Å². The fourth-order valence-corrected chi connectivity index (χ4v) is 17.5. The van der Waals surface area contributed by atoms with Gasteiger partial charge in [-0.05, 0) is 188 Å². The Morgan fingerprint density at radius 3 is 1.57 bits per heavy atom. The number of allylic oxidation sites excluding steroid dienone is 10. The number of aryl methyl sites for hydroxylation is 5. The third-order valence-electron chi connectivity index (χ3n) is 24.3. The molecule has 1 unspecified atom stereocenters. The molecule has 10 aromatic carbocycles. The van der Waals surface area contributed by atoms with E-state index in [2.05, 4.69) is 320 Å². The van der Waals surface area contributed by atoms with Gasteiger partial charge in [-0.1, -0.05) is 218 Å². The van der Waals surface area contributed by atoms with Crippen molar-refractivity contribution in [3.63, 3.8) is 0 Å². The molecule has 4 aliphatic rings. The maximum Gasteiger partial charge on any atom is 0.168 e. The van der Waals surface area contributed by atoms with Gasteiger partial charge in [0.25, 0.3) is 0 Å². The average Bonchev–Trinajstić information content (AvgIpc) is 0.793. The third-order valence-corrected chi connectivity index (χ3v) is 24.3. The molecule has 15 aromatic rings. The van der Waals surface area contributed by atoms with Gasteiger partial charge in [-0.25, -0.2) is 4.24 Å². The molecule has 0 bridgehead atoms. The number of para-hydroxylation sites is 1. The second-order valence-corrected chi connectivity index (χ2v) is 34.3. The Balaban J connectivity index is 0.000000179. The van der Waals surface area contributed by atoms with Gasteiger partial charge in [0.05, 0.1) is 31.1 Å². The predicted molar refractivity (Wildman–Crippen MR) is 552 cm³/mol. The number of hydrogen-bond donors (Lipinski definition) is 1. The Kier molecular flexibility index (Phi) is 39.7. The van der Waals surface area contributed by atoms with Crippen molar-refractivity contribution in [2.24, 2.45) is 17.8 Å². The van der Waals surface area contributed by atoms with Gasteiger partial charge in [0.15, 0.2) is 12.0 Å². The van der Waals surface area contributed by atoms with E-state index in [9.17, 15) is 4.79 Å². The summed E-state index contributed by atoms with van der Waals surface area (Å²) in [5.41, 5.74) is 25.0. The molecule has 137 heavy (non-hydrogen) atoms. The van der Waals surface area contributed by atoms with Gasteiger partial charge in [0.1, 0.15) is 36.6 Å². The number of aliphatic hydroxyl groups excluding tert-OH is 1. The van der Waals surface area contributed by atoms with E-state index in [0.717, 1.165) is 104 Å². The first-order valence-electron chi connectivity index (χ1n) is 45.9. The number of nitrogens with zero attached hydrogens (tertiary/aromatic N) is 8. The van der Waals surface area contributed by atoms with Crippen molar-refractivity contribution in [2.45, 2.75) is 106 Å². The number of carbonyl (C=O) groups excluding carboxylic acids is 1. The van der Waals surface area contributed by atoms with Crippen LogP contribution in [0.25, 0.3) is 83.3 Å². The van der Waals surface area contributed by atoms with E-state index < -0.39 is 0 Å². The van der Waals surface area contributed by atoms with Crippen LogP contribution >= 0.6 is 0 Å². The first kappa shape index (κ1) is 104. The number of aromatic nitrogens is 5. The van der Waals surface area contributed by atoms with Gasteiger partial charge >= 0.3 is 0 Å². The summed E-state index contributed by atoms with van der Waals surface area (Å²) >= 11 is 0. The Labute approximate surface area is 852 Å². The number of carbonyl (C=O) groups is 1. The van der Waals surface area contributed by atoms with Crippen molar-refractivity contribution in [1.29, 1.82) is 0 Å². The summed E-state index contributed by atoms with van der Waals surface area (Å²) in [6, 6.07) is 115. The van der Waals surface area contributed by atoms with E-state index in [1.165, 1.54) is 159 Å². The molecule has 1 saturated carbocycles. The number of pyridine rings is 5. The molecule has 0 amide bonds. The topological polar surface area (TPSA) is 104 Å². The van der Waals surface area contributed by atoms with Gasteiger partial charge in [-0.3, -0.25) is 18.9 Å². The van der Waals surface area contributed by atoms with E-state index in [0.29, 0.717) is 0 Å². The first-order chi connectivity index (χ1) is 65.3. The molecule has 696 valence electrons. The summed E-state index contributed by atoms with van der Waals surface area (Å²) in [5.74, 6) is 3.40. The SMILES string of the molecule is C=[N+]1C=C(CC[C@@H]2CC(CCc3ccc(=C4C=CC=C[C-]4C)[n+](=C)c3)C[C@H](CCC3=C[N+](=C)[C-](c4ccccc4C)C=C3)C2)C=C[C-]1c1ccccc1C.CC(=O)C=C(C)O.Cc1cc[c-]c(-c2ncc3ccccc3c2C)c1.[CH2-][N+](=Cc1[c-]c(-c2ccccn2)ccc1)c1ccccc1-c1[c-]cccc1.[Ir].[Ir].[Pt].[c-]1ccccc1-c1cc2ccccc2cn1.[c-]1ccccc1-c1ccccn1. The molecule has 1 fully saturated rings. The van der Waals surface area contributed by atoms with Crippen molar-refractivity contribution in [3.8, 4) is 56.2 Å². The number of fused-ring (bicyclic) bond motifs is 2. The van der Waals surface area contributed by atoms with Gasteiger partial charge in [0.2, 0.25) is 0 Å². The summed E-state index contributed by atoms with van der Waals surface area (Å²) in [4.78, 5) is 27.7. The van der Waals surface area contributed by atoms with Crippen LogP contribution in [0.1, 0.15) is 117 Å². The number of benzene rings is 10. The zero-order chi connectivity index (χ0) is 93.5. The van der Waals surface area contributed by atoms with Crippen LogP contribution in [0.5, 0.6) is 0 Å². The van der Waals surface area contributed by atoms with Crippen LogP contribution in [0, 0.1) is 108 Å². The Morgan fingerprint density at radius 2 is 1.02 bits per heavy atom. The van der Waals surface area contributed by atoms with Crippen molar-refractivity contribution in [3.05, 3.63) is 512 Å². The molecular formula is C124H115Ir2N8O2Pt-5. The first-order valence-corrected chi connectivity index (χ1v) is 45.9. The smallest absolute Gasteiger partial charge is 0.168 e. The van der Waals surface area contributed by atoms with E-state index >= 15 is 0 Å². The maximum atomic E-state index is 10.0. The van der Waals surface area contributed by atoms with Crippen molar-refractivity contribution in [2.75, 3.05) is 0 Å². The predicted octanol–water partition coefficient (Wildman–Crippen LogP) is 27.3. The largest absolute Gasteiger partial charge is 0.512 e. The summed E-state index contributed by atoms with van der Waals surface area (Å²) in [6.45, 7) is 26.8. The van der Waals surface area contributed by atoms with Gasteiger partial charge in [-0.2, -0.15) is 0 Å². The molecule has 2 aliphatic carbocycles. The van der Waals surface area contributed by atoms with Crippen molar-refractivity contribution in [1.82, 2.24) is 19.9 Å². The summed E-state index contributed by atoms with van der Waals surface area (Å²) < 4.78 is 8.10. The van der Waals surface area contributed by atoms with Crippen LogP contribution in [-0.2, 0) is 72.5 Å². The normalized spacial score (nSPS) is 15.1. The number of rotatable bonds is 19. The minimum Gasteiger partial charge on any atom is -0.512 e. The molecule has 19 rings (SSSR count). The van der Waals surface area contributed by atoms with Crippen LogP contribution in [0.3, 0.4) is 0 Å². The third kappa shape index (κ3) is 29.7. The quantitative estimate of drug-likeness (QED) is 0.0284. The van der Waals surface area contributed by atoms with Crippen LogP contribution in [0.15, 0.2) is 400 Å². The molecule has 2 aliphatic heterocycles. The van der Waals surface area contributed by atoms with Crippen molar-refractivity contribution < 1.29 is 89.1 Å². The zero-order valence-electron chi connectivity index (χ0n) is 78.8. The second-order valence-electron chi connectivity index (χ2n) is 34.3. The summed E-state index contributed by atoms with van der Waals surface area (Å²) in [7, 11) is 4.22. The molecule has 7 heterocycles. The average molecular weight is 2330 g/mol. The molecule has 10 nitrogen and oxygen atoms in total. The van der Waals surface area contributed by atoms with Crippen LogP contribution in [0.4, 0.5) is 5.69 Å². The Morgan fingerprint density at radius 1 is 0.504 bits per heavy atom. The summed E-state index contributed by atoms with van der Waals surface area (Å²) in [5, 5.41) is 14.4. The monoisotopic (exact) mass is 2330 g/mol. The minimum absolute atomic E-state index is 0. The maximum absolute atomic E-state index is 10.0. The fourth-order valence-electron chi connectivity index (χ4n) is 17.5. The van der Waals surface area contributed by atoms with E-state index in [1.807, 2.05) is 181 Å². The molecular weight excluding hydrogens is 2210 g/mol. The van der Waals surface area contributed by atoms with Crippen molar-refractivity contribution >= 4 is 58.2 Å². The minimum atomic E-state index is -0.125. The summed E-state index contributed by atoms with van der Waals surface area (Å²) in [6.07, 6.45) is 46.0. The molecule has 3 atom stereocenters. The Hall–Kier alpha value is -13.7. The zero-order valence-corrected chi connectivity index (χ0v) is 85.9. The van der Waals surface area contributed by atoms with E-state index in [-0.39, 0.29) is 72.8 Å². The molecule has 0 spiro atoms. The fraction of sp³-hybridized carbons (Fsp3) is 0.153. The molecule has 1 N–H and O–H groups in total. The molecule has 0 saturated heterocycles. The number of aliphatic hydroxyl groups is 1. The number of ketones is 1.